The van der Waals surface area contributed by atoms with Crippen LogP contribution in [0.4, 0.5) is 0 Å². The Morgan fingerprint density at radius 3 is 2.09 bits per heavy atom. The van der Waals surface area contributed by atoms with E-state index < -0.39 is 0 Å². The highest BCUT2D eigenvalue weighted by Gasteiger charge is 1.96. The quantitative estimate of drug-likeness (QED) is 0.549. The highest BCUT2D eigenvalue weighted by molar-refractivity contribution is 7.99. The van der Waals surface area contributed by atoms with Crippen LogP contribution >= 0.6 is 11.8 Å². The molecule has 0 rings (SSSR count). The van der Waals surface area contributed by atoms with E-state index in [1.165, 1.54) is 25.0 Å². The molecule has 0 saturated heterocycles. The molecular formula is C10H22S. The van der Waals surface area contributed by atoms with E-state index in [1.54, 1.807) is 0 Å². The van der Waals surface area contributed by atoms with Crippen molar-refractivity contribution in [3.63, 3.8) is 0 Å². The molecule has 0 aromatic rings. The van der Waals surface area contributed by atoms with Crippen molar-refractivity contribution in [2.45, 2.75) is 52.2 Å². The Morgan fingerprint density at radius 2 is 1.64 bits per heavy atom. The molecule has 0 radical (unpaired) electrons. The Bertz CT molecular complexity index is 66.9. The van der Waals surface area contributed by atoms with Crippen LogP contribution in [0.2, 0.25) is 0 Å². The van der Waals surface area contributed by atoms with Crippen molar-refractivity contribution < 1.29 is 0 Å². The third-order valence-corrected chi connectivity index (χ3v) is 2.82. The van der Waals surface area contributed by atoms with Gasteiger partial charge in [0.15, 0.2) is 0 Å². The standard InChI is InChI=1S/C10H22S/c1-9(2)7-5-6-8-11-10(3)4/h9-10H,5-8H2,1-4H3. The fourth-order valence-corrected chi connectivity index (χ4v) is 1.82. The molecule has 0 aromatic carbocycles. The summed E-state index contributed by atoms with van der Waals surface area (Å²) in [7, 11) is 0. The SMILES string of the molecule is CC(C)CCCCSC(C)C. The molecule has 0 amide bonds. The molecule has 0 spiro atoms. The molecule has 68 valence electrons. The van der Waals surface area contributed by atoms with Gasteiger partial charge < -0.3 is 0 Å². The van der Waals surface area contributed by atoms with Crippen molar-refractivity contribution in [1.82, 2.24) is 0 Å². The summed E-state index contributed by atoms with van der Waals surface area (Å²) in [4.78, 5) is 0. The van der Waals surface area contributed by atoms with Gasteiger partial charge in [-0.25, -0.2) is 0 Å². The second-order valence-corrected chi connectivity index (χ2v) is 5.49. The predicted octanol–water partition coefficient (Wildman–Crippen LogP) is 3.95. The van der Waals surface area contributed by atoms with Gasteiger partial charge in [0.05, 0.1) is 0 Å². The molecule has 0 nitrogen and oxygen atoms in total. The van der Waals surface area contributed by atoms with Crippen LogP contribution in [-0.2, 0) is 0 Å². The van der Waals surface area contributed by atoms with Crippen LogP contribution in [0.25, 0.3) is 0 Å². The van der Waals surface area contributed by atoms with E-state index in [2.05, 4.69) is 39.5 Å². The van der Waals surface area contributed by atoms with E-state index in [9.17, 15) is 0 Å². The van der Waals surface area contributed by atoms with Crippen LogP contribution in [-0.4, -0.2) is 11.0 Å². The minimum absolute atomic E-state index is 0.814. The Hall–Kier alpha value is 0.350. The lowest BCUT2D eigenvalue weighted by atomic mass is 10.1. The molecule has 0 aliphatic rings. The minimum Gasteiger partial charge on any atom is -0.159 e. The van der Waals surface area contributed by atoms with Gasteiger partial charge >= 0.3 is 0 Å². The highest BCUT2D eigenvalue weighted by atomic mass is 32.2. The summed E-state index contributed by atoms with van der Waals surface area (Å²) in [5.41, 5.74) is 0. The van der Waals surface area contributed by atoms with E-state index in [4.69, 9.17) is 0 Å². The molecule has 0 unspecified atom stereocenters. The van der Waals surface area contributed by atoms with Gasteiger partial charge in [-0.1, -0.05) is 40.5 Å². The summed E-state index contributed by atoms with van der Waals surface area (Å²) >= 11 is 2.08. The van der Waals surface area contributed by atoms with Crippen LogP contribution in [0.15, 0.2) is 0 Å². The maximum Gasteiger partial charge on any atom is -0.000968 e. The maximum absolute atomic E-state index is 2.30. The molecule has 11 heavy (non-hydrogen) atoms. The molecule has 1 heteroatoms. The van der Waals surface area contributed by atoms with Crippen molar-refractivity contribution in [3.8, 4) is 0 Å². The summed E-state index contributed by atoms with van der Waals surface area (Å²) in [6.07, 6.45) is 4.22. The Balaban J connectivity index is 2.91. The first kappa shape index (κ1) is 11.4. The van der Waals surface area contributed by atoms with Gasteiger partial charge in [-0.2, -0.15) is 11.8 Å². The van der Waals surface area contributed by atoms with Gasteiger partial charge in [-0.15, -0.1) is 0 Å². The second-order valence-electron chi connectivity index (χ2n) is 3.81. The Kier molecular flexibility index (Phi) is 7.25. The fourth-order valence-electron chi connectivity index (χ4n) is 0.974. The predicted molar refractivity (Wildman–Crippen MR) is 56.3 cm³/mol. The average Bonchev–Trinajstić information content (AvgIpc) is 1.85. The lowest BCUT2D eigenvalue weighted by Gasteiger charge is -2.05. The van der Waals surface area contributed by atoms with Gasteiger partial charge in [-0.05, 0) is 23.3 Å². The molecule has 0 aliphatic heterocycles. The molecular weight excluding hydrogens is 152 g/mol. The van der Waals surface area contributed by atoms with Gasteiger partial charge in [0.1, 0.15) is 0 Å². The van der Waals surface area contributed by atoms with E-state index in [-0.39, 0.29) is 0 Å². The van der Waals surface area contributed by atoms with Gasteiger partial charge in [0.25, 0.3) is 0 Å². The summed E-state index contributed by atoms with van der Waals surface area (Å²) in [6, 6.07) is 0. The summed E-state index contributed by atoms with van der Waals surface area (Å²) in [6.45, 7) is 9.14. The van der Waals surface area contributed by atoms with Crippen LogP contribution in [0.1, 0.15) is 47.0 Å². The minimum atomic E-state index is 0.814. The number of unbranched alkanes of at least 4 members (excludes halogenated alkanes) is 1. The van der Waals surface area contributed by atoms with Crippen LogP contribution in [0, 0.1) is 5.92 Å². The monoisotopic (exact) mass is 174 g/mol. The van der Waals surface area contributed by atoms with Crippen LogP contribution in [0.3, 0.4) is 0 Å². The molecule has 0 aromatic heterocycles. The Morgan fingerprint density at radius 1 is 1.00 bits per heavy atom. The molecule has 0 fully saturated rings. The topological polar surface area (TPSA) is 0 Å². The van der Waals surface area contributed by atoms with E-state index in [0.717, 1.165) is 11.2 Å². The lowest BCUT2D eigenvalue weighted by molar-refractivity contribution is 0.551. The van der Waals surface area contributed by atoms with Crippen molar-refractivity contribution in [2.75, 3.05) is 5.75 Å². The average molecular weight is 174 g/mol. The summed E-state index contributed by atoms with van der Waals surface area (Å²) in [5, 5.41) is 0.814. The number of hydrogen-bond acceptors (Lipinski definition) is 1. The smallest absolute Gasteiger partial charge is 0.000968 e. The highest BCUT2D eigenvalue weighted by Crippen LogP contribution is 2.14. The summed E-state index contributed by atoms with van der Waals surface area (Å²) < 4.78 is 0. The Labute approximate surface area is 76.1 Å². The summed E-state index contributed by atoms with van der Waals surface area (Å²) in [5.74, 6) is 2.24. The molecule has 0 aliphatic carbocycles. The van der Waals surface area contributed by atoms with Crippen molar-refractivity contribution in [2.24, 2.45) is 5.92 Å². The second kappa shape index (κ2) is 7.02. The largest absolute Gasteiger partial charge is 0.159 e. The first-order valence-electron chi connectivity index (χ1n) is 4.74. The third-order valence-electron chi connectivity index (χ3n) is 1.63. The van der Waals surface area contributed by atoms with Crippen molar-refractivity contribution in [3.05, 3.63) is 0 Å². The van der Waals surface area contributed by atoms with Crippen molar-refractivity contribution in [1.29, 1.82) is 0 Å². The van der Waals surface area contributed by atoms with E-state index >= 15 is 0 Å². The number of thioether (sulfide) groups is 1. The molecule has 0 bridgehead atoms. The molecule has 0 N–H and O–H groups in total. The zero-order valence-corrected chi connectivity index (χ0v) is 9.21. The molecule has 0 saturated carbocycles. The number of hydrogen-bond donors (Lipinski definition) is 0. The number of rotatable bonds is 6. The maximum atomic E-state index is 2.30. The van der Waals surface area contributed by atoms with Crippen molar-refractivity contribution >= 4 is 11.8 Å². The third kappa shape index (κ3) is 10.4. The lowest BCUT2D eigenvalue weighted by Crippen LogP contribution is -1.92. The fraction of sp³-hybridized carbons (Fsp3) is 1.00. The van der Waals surface area contributed by atoms with Gasteiger partial charge in [0, 0.05) is 0 Å². The zero-order chi connectivity index (χ0) is 8.69. The molecule has 0 heterocycles. The zero-order valence-electron chi connectivity index (χ0n) is 8.39. The normalized spacial score (nSPS) is 11.5. The van der Waals surface area contributed by atoms with Gasteiger partial charge in [-0.3, -0.25) is 0 Å². The van der Waals surface area contributed by atoms with Crippen LogP contribution in [0.5, 0.6) is 0 Å². The van der Waals surface area contributed by atoms with Crippen LogP contribution < -0.4 is 0 Å². The van der Waals surface area contributed by atoms with E-state index in [1.807, 2.05) is 0 Å². The first-order valence-corrected chi connectivity index (χ1v) is 5.79. The van der Waals surface area contributed by atoms with Gasteiger partial charge in [0.2, 0.25) is 0 Å². The first-order chi connectivity index (χ1) is 5.13. The molecule has 0 atom stereocenters. The van der Waals surface area contributed by atoms with E-state index in [0.29, 0.717) is 0 Å².